The first-order chi connectivity index (χ1) is 19.2. The van der Waals surface area contributed by atoms with Crippen molar-refractivity contribution in [3.63, 3.8) is 0 Å². The lowest BCUT2D eigenvalue weighted by Crippen LogP contribution is -2.45. The number of anilines is 1. The summed E-state index contributed by atoms with van der Waals surface area (Å²) in [7, 11) is 0. The Hall–Kier alpha value is -3.53. The van der Waals surface area contributed by atoms with Crippen LogP contribution in [0.3, 0.4) is 0 Å². The highest BCUT2D eigenvalue weighted by atomic mass is 35.5. The van der Waals surface area contributed by atoms with Crippen molar-refractivity contribution in [2.75, 3.05) is 32.0 Å². The molecule has 0 spiro atoms. The minimum Gasteiger partial charge on any atom is -0.383 e. The van der Waals surface area contributed by atoms with Gasteiger partial charge in [-0.1, -0.05) is 41.9 Å². The molecule has 2 N–H and O–H groups in total. The minimum absolute atomic E-state index is 0.280. The number of nitrogen functional groups attached to an aromatic ring is 1. The van der Waals surface area contributed by atoms with Gasteiger partial charge in [0.2, 0.25) is 0 Å². The van der Waals surface area contributed by atoms with Crippen LogP contribution in [-0.2, 0) is 11.3 Å². The molecule has 3 aromatic heterocycles. The molecule has 7 rings (SSSR count). The predicted octanol–water partition coefficient (Wildman–Crippen LogP) is 4.94. The van der Waals surface area contributed by atoms with Crippen LogP contribution in [0.15, 0.2) is 55.0 Å². The second-order valence-corrected chi connectivity index (χ2v) is 10.9. The average molecular weight is 543 g/mol. The van der Waals surface area contributed by atoms with Gasteiger partial charge in [-0.3, -0.25) is 9.58 Å². The molecule has 4 heterocycles. The summed E-state index contributed by atoms with van der Waals surface area (Å²) >= 11 is 6.44. The zero-order valence-corrected chi connectivity index (χ0v) is 22.5. The molecule has 1 saturated heterocycles. The number of rotatable bonds is 5. The van der Waals surface area contributed by atoms with E-state index >= 15 is 0 Å². The predicted molar refractivity (Wildman–Crippen MR) is 153 cm³/mol. The number of nitrogens with two attached hydrogens (primary N) is 1. The molecule has 5 aromatic rings. The number of fused-ring (bicyclic) bond motifs is 2. The summed E-state index contributed by atoms with van der Waals surface area (Å²) in [6.07, 6.45) is 7.85. The maximum atomic E-state index is 6.44. The number of hydrogen-bond acceptors (Lipinski definition) is 7. The van der Waals surface area contributed by atoms with Gasteiger partial charge in [0.1, 0.15) is 17.8 Å². The fourth-order valence-electron chi connectivity index (χ4n) is 6.19. The molecule has 2 aliphatic rings. The molecule has 39 heavy (non-hydrogen) atoms. The zero-order chi connectivity index (χ0) is 26.3. The number of halogens is 1. The average Bonchev–Trinajstić information content (AvgIpc) is 3.57. The van der Waals surface area contributed by atoms with Crippen molar-refractivity contribution in [2.24, 2.45) is 0 Å². The first-order valence-electron chi connectivity index (χ1n) is 13.7. The van der Waals surface area contributed by atoms with Crippen LogP contribution in [0.1, 0.15) is 37.3 Å². The fourth-order valence-corrected chi connectivity index (χ4v) is 6.39. The molecule has 0 atom stereocenters. The van der Waals surface area contributed by atoms with Crippen LogP contribution in [0.4, 0.5) is 5.82 Å². The van der Waals surface area contributed by atoms with Crippen molar-refractivity contribution in [3.05, 3.63) is 65.6 Å². The Labute approximate surface area is 231 Å². The second-order valence-electron chi connectivity index (χ2n) is 10.5. The molecule has 10 heteroatoms. The van der Waals surface area contributed by atoms with Crippen LogP contribution >= 0.6 is 11.6 Å². The van der Waals surface area contributed by atoms with Crippen molar-refractivity contribution in [1.82, 2.24) is 34.4 Å². The van der Waals surface area contributed by atoms with E-state index in [4.69, 9.17) is 27.2 Å². The van der Waals surface area contributed by atoms with Crippen molar-refractivity contribution in [2.45, 2.75) is 44.3 Å². The quantitative estimate of drug-likeness (QED) is 0.335. The van der Waals surface area contributed by atoms with Crippen molar-refractivity contribution in [3.8, 4) is 11.3 Å². The van der Waals surface area contributed by atoms with Gasteiger partial charge in [-0.05, 0) is 43.4 Å². The highest BCUT2D eigenvalue weighted by Crippen LogP contribution is 2.37. The van der Waals surface area contributed by atoms with E-state index in [1.165, 1.54) is 0 Å². The lowest BCUT2D eigenvalue weighted by Gasteiger charge is -2.38. The van der Waals surface area contributed by atoms with Crippen LogP contribution in [-0.4, -0.2) is 66.8 Å². The summed E-state index contributed by atoms with van der Waals surface area (Å²) in [5, 5.41) is 12.4. The van der Waals surface area contributed by atoms with E-state index in [1.54, 1.807) is 6.33 Å². The molecular weight excluding hydrogens is 512 g/mol. The van der Waals surface area contributed by atoms with E-state index in [1.807, 2.05) is 35.1 Å². The summed E-state index contributed by atoms with van der Waals surface area (Å²) in [5.74, 6) is 0.452. The van der Waals surface area contributed by atoms with Gasteiger partial charge < -0.3 is 10.5 Å². The molecule has 2 aromatic carbocycles. The summed E-state index contributed by atoms with van der Waals surface area (Å²) in [5.41, 5.74) is 11.1. The maximum Gasteiger partial charge on any atom is 0.164 e. The van der Waals surface area contributed by atoms with Crippen molar-refractivity contribution in [1.29, 1.82) is 0 Å². The Morgan fingerprint density at radius 2 is 1.77 bits per heavy atom. The van der Waals surface area contributed by atoms with Gasteiger partial charge in [-0.15, -0.1) is 0 Å². The SMILES string of the molecule is Nc1ncnc2c1c(-c1ccc3cnn(Cc4ccccc4Cl)c3c1)nn2C1CCC(N2CCOCC2)CC1. The Bertz CT molecular complexity index is 1630. The summed E-state index contributed by atoms with van der Waals surface area (Å²) in [6, 6.07) is 15.1. The first kappa shape index (κ1) is 24.5. The highest BCUT2D eigenvalue weighted by Gasteiger charge is 2.30. The van der Waals surface area contributed by atoms with Gasteiger partial charge >= 0.3 is 0 Å². The van der Waals surface area contributed by atoms with Crippen molar-refractivity contribution >= 4 is 39.4 Å². The first-order valence-corrected chi connectivity index (χ1v) is 14.0. The topological polar surface area (TPSA) is 99.9 Å². The third kappa shape index (κ3) is 4.54. The number of hydrogen-bond donors (Lipinski definition) is 1. The zero-order valence-electron chi connectivity index (χ0n) is 21.7. The van der Waals surface area contributed by atoms with E-state index in [-0.39, 0.29) is 6.04 Å². The monoisotopic (exact) mass is 542 g/mol. The second kappa shape index (κ2) is 10.2. The Morgan fingerprint density at radius 3 is 2.59 bits per heavy atom. The highest BCUT2D eigenvalue weighted by molar-refractivity contribution is 6.31. The number of ether oxygens (including phenoxy) is 1. The lowest BCUT2D eigenvalue weighted by molar-refractivity contribution is 0.00520. The maximum absolute atomic E-state index is 6.44. The molecule has 1 aliphatic heterocycles. The molecule has 2 fully saturated rings. The Balaban J connectivity index is 1.23. The van der Waals surface area contributed by atoms with Crippen LogP contribution in [0, 0.1) is 0 Å². The summed E-state index contributed by atoms with van der Waals surface area (Å²) in [6.45, 7) is 4.32. The molecule has 0 bridgehead atoms. The smallest absolute Gasteiger partial charge is 0.164 e. The van der Waals surface area contributed by atoms with Gasteiger partial charge in [0.15, 0.2) is 5.65 Å². The minimum atomic E-state index is 0.280. The number of aromatic nitrogens is 6. The van der Waals surface area contributed by atoms with Gasteiger partial charge in [-0.2, -0.15) is 10.2 Å². The molecule has 0 amide bonds. The van der Waals surface area contributed by atoms with E-state index in [0.717, 1.165) is 95.8 Å². The van der Waals surface area contributed by atoms with Gasteiger partial charge in [0, 0.05) is 35.1 Å². The van der Waals surface area contributed by atoms with Gasteiger partial charge in [0.05, 0.1) is 42.9 Å². The van der Waals surface area contributed by atoms with Crippen LogP contribution in [0.5, 0.6) is 0 Å². The van der Waals surface area contributed by atoms with E-state index in [9.17, 15) is 0 Å². The summed E-state index contributed by atoms with van der Waals surface area (Å²) in [4.78, 5) is 11.6. The van der Waals surface area contributed by atoms with E-state index < -0.39 is 0 Å². The molecule has 200 valence electrons. The Morgan fingerprint density at radius 1 is 0.974 bits per heavy atom. The standard InChI is InChI=1S/C29H31ClN8O/c30-24-4-2-1-3-21(24)17-37-25-15-19(5-6-20(25)16-34-37)27-26-28(31)32-18-33-29(26)38(35-27)23-9-7-22(8-10-23)36-11-13-39-14-12-36/h1-6,15-16,18,22-23H,7-14,17H2,(H2,31,32,33). The van der Waals surface area contributed by atoms with Crippen LogP contribution < -0.4 is 5.73 Å². The van der Waals surface area contributed by atoms with Crippen LogP contribution in [0.2, 0.25) is 5.02 Å². The van der Waals surface area contributed by atoms with E-state index in [0.29, 0.717) is 18.4 Å². The van der Waals surface area contributed by atoms with Crippen molar-refractivity contribution < 1.29 is 4.74 Å². The molecule has 0 unspecified atom stereocenters. The fraction of sp³-hybridized carbons (Fsp3) is 0.379. The largest absolute Gasteiger partial charge is 0.383 e. The van der Waals surface area contributed by atoms with Crippen LogP contribution in [0.25, 0.3) is 33.2 Å². The summed E-state index contributed by atoms with van der Waals surface area (Å²) < 4.78 is 9.63. The number of morpholine rings is 1. The van der Waals surface area contributed by atoms with E-state index in [2.05, 4.69) is 42.8 Å². The lowest BCUT2D eigenvalue weighted by atomic mass is 9.90. The molecule has 9 nitrogen and oxygen atoms in total. The molecule has 1 saturated carbocycles. The van der Waals surface area contributed by atoms with Gasteiger partial charge in [-0.25, -0.2) is 14.6 Å². The molecule has 0 radical (unpaired) electrons. The Kier molecular flexibility index (Phi) is 6.42. The normalized spacial score (nSPS) is 20.6. The number of nitrogens with zero attached hydrogens (tertiary/aromatic N) is 7. The third-order valence-corrected chi connectivity index (χ3v) is 8.66. The molecule has 1 aliphatic carbocycles. The molecular formula is C29H31ClN8O. The van der Waals surface area contributed by atoms with Gasteiger partial charge in [0.25, 0.3) is 0 Å². The number of benzene rings is 2. The third-order valence-electron chi connectivity index (χ3n) is 8.29.